The number of carbonyl (C=O) groups excluding carboxylic acids is 1. The number of hydrogen-bond acceptors (Lipinski definition) is 6. The van der Waals surface area contributed by atoms with Gasteiger partial charge in [0.05, 0.1) is 19.7 Å². The monoisotopic (exact) mass is 372 g/mol. The summed E-state index contributed by atoms with van der Waals surface area (Å²) in [5.74, 6) is 2.23. The van der Waals surface area contributed by atoms with Crippen molar-refractivity contribution in [3.05, 3.63) is 18.5 Å². The Labute approximate surface area is 160 Å². The lowest BCUT2D eigenvalue weighted by Crippen LogP contribution is -2.50. The Hall–Kier alpha value is -2.57. The second-order valence-corrected chi connectivity index (χ2v) is 7.93. The SMILES string of the molecule is COc1cc2ncnc(N3CCCC(NC(=O)C(C)(C)C)C3)c2cc1OC. The lowest BCUT2D eigenvalue weighted by Gasteiger charge is -2.35. The van der Waals surface area contributed by atoms with Gasteiger partial charge in [-0.1, -0.05) is 20.8 Å². The number of nitrogens with one attached hydrogen (secondary N) is 1. The van der Waals surface area contributed by atoms with Gasteiger partial charge in [0.1, 0.15) is 12.1 Å². The van der Waals surface area contributed by atoms with Gasteiger partial charge in [0.25, 0.3) is 0 Å². The minimum absolute atomic E-state index is 0.0771. The summed E-state index contributed by atoms with van der Waals surface area (Å²) in [5, 5.41) is 4.09. The summed E-state index contributed by atoms with van der Waals surface area (Å²) >= 11 is 0. The standard InChI is InChI=1S/C20H28N4O3/c1-20(2,3)19(25)23-13-7-6-8-24(11-13)18-14-9-16(26-4)17(27-5)10-15(14)21-12-22-18/h9-10,12-13H,6-8,11H2,1-5H3,(H,23,25). The zero-order valence-electron chi connectivity index (χ0n) is 16.7. The van der Waals surface area contributed by atoms with E-state index in [4.69, 9.17) is 9.47 Å². The zero-order valence-corrected chi connectivity index (χ0v) is 16.7. The highest BCUT2D eigenvalue weighted by Crippen LogP contribution is 2.35. The molecule has 2 heterocycles. The number of nitrogens with zero attached hydrogens (tertiary/aromatic N) is 3. The number of piperidine rings is 1. The van der Waals surface area contributed by atoms with Crippen LogP contribution in [0.1, 0.15) is 33.6 Å². The lowest BCUT2D eigenvalue weighted by molar-refractivity contribution is -0.129. The third-order valence-electron chi connectivity index (χ3n) is 4.86. The highest BCUT2D eigenvalue weighted by Gasteiger charge is 2.28. The molecule has 1 aliphatic rings. The van der Waals surface area contributed by atoms with Crippen LogP contribution in [0, 0.1) is 5.41 Å². The quantitative estimate of drug-likeness (QED) is 0.889. The Kier molecular flexibility index (Phi) is 5.39. The van der Waals surface area contributed by atoms with Crippen molar-refractivity contribution >= 4 is 22.6 Å². The van der Waals surface area contributed by atoms with E-state index in [1.807, 2.05) is 32.9 Å². The summed E-state index contributed by atoms with van der Waals surface area (Å²) in [6.45, 7) is 7.41. The Morgan fingerprint density at radius 3 is 2.56 bits per heavy atom. The summed E-state index contributed by atoms with van der Waals surface area (Å²) in [6.07, 6.45) is 3.54. The minimum atomic E-state index is -0.395. The van der Waals surface area contributed by atoms with E-state index in [0.717, 1.165) is 42.7 Å². The molecule has 1 atom stereocenters. The van der Waals surface area contributed by atoms with Crippen LogP contribution in [-0.2, 0) is 4.79 Å². The van der Waals surface area contributed by atoms with E-state index in [1.165, 1.54) is 0 Å². The molecule has 1 fully saturated rings. The number of aromatic nitrogens is 2. The summed E-state index contributed by atoms with van der Waals surface area (Å²) in [4.78, 5) is 23.5. The third kappa shape index (κ3) is 4.07. The molecule has 7 heteroatoms. The largest absolute Gasteiger partial charge is 0.493 e. The number of ether oxygens (including phenoxy) is 2. The first-order valence-electron chi connectivity index (χ1n) is 9.26. The fourth-order valence-corrected chi connectivity index (χ4v) is 3.31. The molecule has 0 bridgehead atoms. The molecule has 0 spiro atoms. The van der Waals surface area contributed by atoms with Gasteiger partial charge >= 0.3 is 0 Å². The van der Waals surface area contributed by atoms with Crippen molar-refractivity contribution in [2.45, 2.75) is 39.7 Å². The number of amides is 1. The lowest BCUT2D eigenvalue weighted by atomic mass is 9.94. The van der Waals surface area contributed by atoms with Crippen molar-refractivity contribution in [3.8, 4) is 11.5 Å². The average molecular weight is 372 g/mol. The van der Waals surface area contributed by atoms with Crippen molar-refractivity contribution in [2.24, 2.45) is 5.41 Å². The molecule has 146 valence electrons. The van der Waals surface area contributed by atoms with E-state index < -0.39 is 5.41 Å². The molecular formula is C20H28N4O3. The summed E-state index contributed by atoms with van der Waals surface area (Å²) in [5.41, 5.74) is 0.409. The van der Waals surface area contributed by atoms with Gasteiger partial charge in [-0.15, -0.1) is 0 Å². The predicted octanol–water partition coefficient (Wildman–Crippen LogP) is 2.78. The molecule has 3 rings (SSSR count). The van der Waals surface area contributed by atoms with Gasteiger partial charge in [0.2, 0.25) is 5.91 Å². The molecule has 1 aromatic carbocycles. The van der Waals surface area contributed by atoms with Crippen molar-refractivity contribution in [1.82, 2.24) is 15.3 Å². The Morgan fingerprint density at radius 1 is 1.19 bits per heavy atom. The van der Waals surface area contributed by atoms with Crippen molar-refractivity contribution < 1.29 is 14.3 Å². The Bertz CT molecular complexity index is 832. The number of anilines is 1. The maximum atomic E-state index is 12.4. The molecule has 1 saturated heterocycles. The smallest absolute Gasteiger partial charge is 0.225 e. The second-order valence-electron chi connectivity index (χ2n) is 7.93. The van der Waals surface area contributed by atoms with Crippen LogP contribution in [0.15, 0.2) is 18.5 Å². The second kappa shape index (κ2) is 7.58. The van der Waals surface area contributed by atoms with Gasteiger partial charge in [-0.05, 0) is 18.9 Å². The molecular weight excluding hydrogens is 344 g/mol. The summed E-state index contributed by atoms with van der Waals surface area (Å²) in [6, 6.07) is 3.89. The minimum Gasteiger partial charge on any atom is -0.493 e. The predicted molar refractivity (Wildman–Crippen MR) is 105 cm³/mol. The third-order valence-corrected chi connectivity index (χ3v) is 4.86. The first-order valence-corrected chi connectivity index (χ1v) is 9.26. The highest BCUT2D eigenvalue weighted by atomic mass is 16.5. The molecule has 1 N–H and O–H groups in total. The normalized spacial score (nSPS) is 17.7. The average Bonchev–Trinajstić information content (AvgIpc) is 2.65. The highest BCUT2D eigenvalue weighted by molar-refractivity contribution is 5.92. The van der Waals surface area contributed by atoms with Crippen LogP contribution in [0.4, 0.5) is 5.82 Å². The van der Waals surface area contributed by atoms with Crippen LogP contribution in [-0.4, -0.2) is 49.2 Å². The van der Waals surface area contributed by atoms with Crippen LogP contribution < -0.4 is 19.7 Å². The number of methoxy groups -OCH3 is 2. The van der Waals surface area contributed by atoms with Crippen molar-refractivity contribution in [3.63, 3.8) is 0 Å². The van der Waals surface area contributed by atoms with Gasteiger partial charge in [0.15, 0.2) is 11.5 Å². The van der Waals surface area contributed by atoms with Crippen LogP contribution in [0.3, 0.4) is 0 Å². The van der Waals surface area contributed by atoms with Crippen LogP contribution >= 0.6 is 0 Å². The number of benzene rings is 1. The maximum Gasteiger partial charge on any atom is 0.225 e. The molecule has 1 unspecified atom stereocenters. The number of carbonyl (C=O) groups is 1. The Morgan fingerprint density at radius 2 is 1.89 bits per heavy atom. The van der Waals surface area contributed by atoms with E-state index in [0.29, 0.717) is 11.5 Å². The molecule has 1 aliphatic heterocycles. The van der Waals surface area contributed by atoms with Crippen LogP contribution in [0.25, 0.3) is 10.9 Å². The number of rotatable bonds is 4. The van der Waals surface area contributed by atoms with Gasteiger partial charge in [-0.2, -0.15) is 0 Å². The zero-order chi connectivity index (χ0) is 19.6. The summed E-state index contributed by atoms with van der Waals surface area (Å²) < 4.78 is 10.8. The molecule has 1 amide bonds. The van der Waals surface area contributed by atoms with Gasteiger partial charge in [-0.25, -0.2) is 9.97 Å². The fraction of sp³-hybridized carbons (Fsp3) is 0.550. The summed E-state index contributed by atoms with van der Waals surface area (Å²) in [7, 11) is 3.23. The number of hydrogen-bond donors (Lipinski definition) is 1. The van der Waals surface area contributed by atoms with E-state index in [2.05, 4.69) is 20.2 Å². The van der Waals surface area contributed by atoms with Gasteiger partial charge < -0.3 is 19.7 Å². The molecule has 2 aromatic rings. The van der Waals surface area contributed by atoms with Crippen molar-refractivity contribution in [2.75, 3.05) is 32.2 Å². The van der Waals surface area contributed by atoms with Crippen LogP contribution in [0.5, 0.6) is 11.5 Å². The van der Waals surface area contributed by atoms with Gasteiger partial charge in [-0.3, -0.25) is 4.79 Å². The first-order chi connectivity index (χ1) is 12.8. The van der Waals surface area contributed by atoms with E-state index in [1.54, 1.807) is 20.5 Å². The van der Waals surface area contributed by atoms with Crippen LogP contribution in [0.2, 0.25) is 0 Å². The van der Waals surface area contributed by atoms with Crippen molar-refractivity contribution in [1.29, 1.82) is 0 Å². The number of fused-ring (bicyclic) bond motifs is 1. The topological polar surface area (TPSA) is 76.6 Å². The van der Waals surface area contributed by atoms with E-state index >= 15 is 0 Å². The molecule has 7 nitrogen and oxygen atoms in total. The molecule has 27 heavy (non-hydrogen) atoms. The molecule has 1 aromatic heterocycles. The molecule has 0 radical (unpaired) electrons. The molecule has 0 saturated carbocycles. The Balaban J connectivity index is 1.89. The molecule has 0 aliphatic carbocycles. The van der Waals surface area contributed by atoms with E-state index in [-0.39, 0.29) is 11.9 Å². The first kappa shape index (κ1) is 19.2. The fourth-order valence-electron chi connectivity index (χ4n) is 3.31. The van der Waals surface area contributed by atoms with E-state index in [9.17, 15) is 4.79 Å². The maximum absolute atomic E-state index is 12.4. The van der Waals surface area contributed by atoms with Gasteiger partial charge in [0, 0.05) is 36.0 Å².